The fourth-order valence-corrected chi connectivity index (χ4v) is 2.87. The van der Waals surface area contributed by atoms with Crippen LogP contribution in [-0.2, 0) is 14.8 Å². The smallest absolute Gasteiger partial charge is 0.271 e. The molecule has 6 nitrogen and oxygen atoms in total. The lowest BCUT2D eigenvalue weighted by Crippen LogP contribution is -2.34. The van der Waals surface area contributed by atoms with E-state index in [0.717, 1.165) is 6.08 Å². The molecule has 9 heteroatoms. The van der Waals surface area contributed by atoms with Crippen LogP contribution in [0.4, 0.5) is 8.78 Å². The Hall–Kier alpha value is -2.00. The molecule has 0 rings (SSSR count). The molecule has 0 heterocycles. The lowest BCUT2D eigenvalue weighted by Gasteiger charge is -2.17. The van der Waals surface area contributed by atoms with Crippen LogP contribution in [0.25, 0.3) is 0 Å². The fraction of sp³-hybridized carbons (Fsp3) is 0.438. The molecule has 0 unspecified atom stereocenters. The molecule has 0 saturated carbocycles. The zero-order valence-corrected chi connectivity index (χ0v) is 15.9. The number of likely N-dealkylation sites (N-methyl/N-ethyl adjacent to an activating group) is 1. The van der Waals surface area contributed by atoms with Crippen LogP contribution >= 0.6 is 0 Å². The number of carbonyl (C=O) groups is 1. The first-order chi connectivity index (χ1) is 11.4. The summed E-state index contributed by atoms with van der Waals surface area (Å²) in [6, 6.07) is -0.272. The molecule has 0 atom stereocenters. The van der Waals surface area contributed by atoms with Gasteiger partial charge in [0.15, 0.2) is 11.7 Å². The number of rotatable bonds is 9. The number of hydrogen-bond donors (Lipinski definition) is 2. The molecule has 0 radical (unpaired) electrons. The van der Waals surface area contributed by atoms with Crippen molar-refractivity contribution >= 4 is 15.9 Å². The van der Waals surface area contributed by atoms with E-state index in [1.807, 2.05) is 0 Å². The Labute approximate surface area is 148 Å². The van der Waals surface area contributed by atoms with E-state index in [4.69, 9.17) is 0 Å². The molecule has 0 aliphatic carbocycles. The highest BCUT2D eigenvalue weighted by Crippen LogP contribution is 2.13. The highest BCUT2D eigenvalue weighted by atomic mass is 32.2. The van der Waals surface area contributed by atoms with Crippen molar-refractivity contribution in [2.75, 3.05) is 19.8 Å². The molecular formula is C16H25F2N3O3S. The van der Waals surface area contributed by atoms with E-state index in [1.54, 1.807) is 27.9 Å². The highest BCUT2D eigenvalue weighted by Gasteiger charge is 2.16. The van der Waals surface area contributed by atoms with Crippen molar-refractivity contribution < 1.29 is 22.0 Å². The number of carbonyl (C=O) groups excluding carboxylic acids is 1. The Morgan fingerprint density at radius 2 is 1.84 bits per heavy atom. The first-order valence-corrected chi connectivity index (χ1v) is 9.12. The third-order valence-corrected chi connectivity index (χ3v) is 4.17. The molecule has 0 spiro atoms. The van der Waals surface area contributed by atoms with Gasteiger partial charge in [0.1, 0.15) is 0 Å². The van der Waals surface area contributed by atoms with Crippen LogP contribution in [0.5, 0.6) is 0 Å². The van der Waals surface area contributed by atoms with Gasteiger partial charge in [-0.1, -0.05) is 12.7 Å². The van der Waals surface area contributed by atoms with Gasteiger partial charge in [-0.05, 0) is 26.8 Å². The van der Waals surface area contributed by atoms with Crippen LogP contribution in [0.15, 0.2) is 47.9 Å². The van der Waals surface area contributed by atoms with Gasteiger partial charge in [0.2, 0.25) is 10.0 Å². The summed E-state index contributed by atoms with van der Waals surface area (Å²) < 4.78 is 52.1. The number of amides is 1. The second kappa shape index (κ2) is 10.1. The minimum absolute atomic E-state index is 0.0113. The lowest BCUT2D eigenvalue weighted by atomic mass is 10.3. The molecule has 25 heavy (non-hydrogen) atoms. The Morgan fingerprint density at radius 3 is 2.24 bits per heavy atom. The van der Waals surface area contributed by atoms with E-state index in [-0.39, 0.29) is 17.4 Å². The van der Waals surface area contributed by atoms with Gasteiger partial charge >= 0.3 is 0 Å². The normalized spacial score (nSPS) is 13.8. The van der Waals surface area contributed by atoms with Gasteiger partial charge in [0.05, 0.1) is 11.4 Å². The monoisotopic (exact) mass is 377 g/mol. The van der Waals surface area contributed by atoms with Crippen LogP contribution in [-0.4, -0.2) is 45.1 Å². The van der Waals surface area contributed by atoms with Crippen molar-refractivity contribution in [3.63, 3.8) is 0 Å². The molecular weight excluding hydrogens is 352 g/mol. The van der Waals surface area contributed by atoms with Crippen LogP contribution in [0.3, 0.4) is 0 Å². The van der Waals surface area contributed by atoms with Gasteiger partial charge in [0.25, 0.3) is 5.91 Å². The van der Waals surface area contributed by atoms with Crippen LogP contribution < -0.4 is 10.0 Å². The maximum absolute atomic E-state index is 13.3. The van der Waals surface area contributed by atoms with Gasteiger partial charge in [-0.3, -0.25) is 4.79 Å². The van der Waals surface area contributed by atoms with E-state index in [2.05, 4.69) is 16.6 Å². The predicted molar refractivity (Wildman–Crippen MR) is 95.2 cm³/mol. The quantitative estimate of drug-likeness (QED) is 0.477. The Kier molecular flexibility index (Phi) is 9.29. The summed E-state index contributed by atoms with van der Waals surface area (Å²) in [4.78, 5) is 13.7. The molecule has 0 aliphatic heterocycles. The van der Waals surface area contributed by atoms with E-state index in [0.29, 0.717) is 0 Å². The van der Waals surface area contributed by atoms with E-state index in [9.17, 15) is 22.0 Å². The van der Waals surface area contributed by atoms with Crippen LogP contribution in [0.2, 0.25) is 0 Å². The summed E-state index contributed by atoms with van der Waals surface area (Å²) in [5.74, 6) is -3.54. The highest BCUT2D eigenvalue weighted by molar-refractivity contribution is 7.89. The Bertz CT molecular complexity index is 693. The first kappa shape index (κ1) is 23.0. The van der Waals surface area contributed by atoms with E-state index >= 15 is 0 Å². The average molecular weight is 377 g/mol. The van der Waals surface area contributed by atoms with Crippen molar-refractivity contribution in [2.45, 2.75) is 26.8 Å². The van der Waals surface area contributed by atoms with Gasteiger partial charge < -0.3 is 10.2 Å². The molecule has 0 aromatic carbocycles. The Balaban J connectivity index is 5.35. The fourth-order valence-electron chi connectivity index (χ4n) is 1.68. The number of allylic oxidation sites excluding steroid dienone is 4. The van der Waals surface area contributed by atoms with Crippen LogP contribution in [0, 0.1) is 0 Å². The molecule has 0 saturated heterocycles. The van der Waals surface area contributed by atoms with E-state index in [1.165, 1.54) is 24.0 Å². The molecule has 0 fully saturated rings. The number of hydrogen-bond acceptors (Lipinski definition) is 4. The van der Waals surface area contributed by atoms with Crippen LogP contribution in [0.1, 0.15) is 20.8 Å². The van der Waals surface area contributed by atoms with Crippen molar-refractivity contribution in [2.24, 2.45) is 0 Å². The van der Waals surface area contributed by atoms with Gasteiger partial charge in [-0.2, -0.15) is 0 Å². The van der Waals surface area contributed by atoms with Crippen molar-refractivity contribution in [1.82, 2.24) is 14.9 Å². The van der Waals surface area contributed by atoms with Crippen molar-refractivity contribution in [3.05, 3.63) is 47.9 Å². The second-order valence-electron chi connectivity index (χ2n) is 5.63. The van der Waals surface area contributed by atoms with Crippen molar-refractivity contribution in [3.8, 4) is 0 Å². The van der Waals surface area contributed by atoms with Gasteiger partial charge in [0, 0.05) is 31.9 Å². The molecule has 0 aromatic rings. The minimum Gasteiger partial charge on any atom is -0.373 e. The molecule has 1 amide bonds. The Morgan fingerprint density at radius 1 is 1.28 bits per heavy atom. The number of halogens is 2. The van der Waals surface area contributed by atoms with Gasteiger partial charge in [-0.25, -0.2) is 21.9 Å². The molecule has 142 valence electrons. The zero-order valence-electron chi connectivity index (χ0n) is 15.1. The largest absolute Gasteiger partial charge is 0.373 e. The maximum atomic E-state index is 13.3. The maximum Gasteiger partial charge on any atom is 0.271 e. The summed E-state index contributed by atoms with van der Waals surface area (Å²) in [7, 11) is -0.471. The summed E-state index contributed by atoms with van der Waals surface area (Å²) in [6.07, 6.45) is 3.39. The number of nitrogens with one attached hydrogen (secondary N) is 2. The summed E-state index contributed by atoms with van der Waals surface area (Å²) in [6.45, 7) is 7.70. The molecule has 0 bridgehead atoms. The zero-order chi connectivity index (χ0) is 19.8. The van der Waals surface area contributed by atoms with Gasteiger partial charge in [-0.15, -0.1) is 0 Å². The molecule has 2 N–H and O–H groups in total. The van der Waals surface area contributed by atoms with Crippen molar-refractivity contribution in [1.29, 1.82) is 0 Å². The molecule has 0 aliphatic rings. The third kappa shape index (κ3) is 9.16. The third-order valence-electron chi connectivity index (χ3n) is 2.74. The number of sulfonamides is 1. The average Bonchev–Trinajstić information content (AvgIpc) is 2.44. The SMILES string of the molecule is C=C(F)/C(F)=C\C(=C/C)NC(=O)/C(=C/CS(=O)(=O)NC(C)C)N(C)C. The summed E-state index contributed by atoms with van der Waals surface area (Å²) >= 11 is 0. The number of nitrogens with zero attached hydrogens (tertiary/aromatic N) is 1. The summed E-state index contributed by atoms with van der Waals surface area (Å²) in [5.41, 5.74) is 0.0681. The predicted octanol–water partition coefficient (Wildman–Crippen LogP) is 2.12. The second-order valence-corrected chi connectivity index (χ2v) is 7.43. The standard InChI is InChI=1S/C16H25F2N3O3S/c1-7-13(10-14(18)12(4)17)19-16(22)15(21(5)6)8-9-25(23,24)20-11(2)3/h7-8,10-11,20H,4,9H2,1-3,5-6H3,(H,19,22)/b13-7+,14-10+,15-8-. The van der Waals surface area contributed by atoms with E-state index < -0.39 is 33.3 Å². The summed E-state index contributed by atoms with van der Waals surface area (Å²) in [5, 5.41) is 2.38. The topological polar surface area (TPSA) is 78.5 Å². The molecule has 0 aromatic heterocycles. The first-order valence-electron chi connectivity index (χ1n) is 7.46. The minimum atomic E-state index is -3.59. The lowest BCUT2D eigenvalue weighted by molar-refractivity contribution is -0.118.